The molecule has 144 valence electrons. The van der Waals surface area contributed by atoms with Gasteiger partial charge in [-0.1, -0.05) is 6.07 Å². The van der Waals surface area contributed by atoms with Gasteiger partial charge in [-0.05, 0) is 52.2 Å². The molecule has 0 unspecified atom stereocenters. The number of pyridine rings is 1. The molecule has 1 fully saturated rings. The average Bonchev–Trinajstić information content (AvgIpc) is 2.52. The first-order valence-electron chi connectivity index (χ1n) is 8.53. The van der Waals surface area contributed by atoms with Crippen LogP contribution in [0.15, 0.2) is 18.2 Å². The number of ketones is 1. The van der Waals surface area contributed by atoms with E-state index in [1.165, 1.54) is 17.0 Å². The van der Waals surface area contributed by atoms with E-state index in [0.717, 1.165) is 18.9 Å². The van der Waals surface area contributed by atoms with Crippen LogP contribution in [0.3, 0.4) is 0 Å². The molecule has 1 aliphatic heterocycles. The van der Waals surface area contributed by atoms with Gasteiger partial charge in [0.1, 0.15) is 11.3 Å². The van der Waals surface area contributed by atoms with Crippen LogP contribution >= 0.6 is 0 Å². The number of nitrogens with zero attached hydrogens (tertiary/aromatic N) is 2. The fourth-order valence-electron chi connectivity index (χ4n) is 2.84. The Kier molecular flexibility index (Phi) is 5.93. The number of amides is 1. The van der Waals surface area contributed by atoms with Gasteiger partial charge in [-0.3, -0.25) is 9.69 Å². The summed E-state index contributed by atoms with van der Waals surface area (Å²) in [4.78, 5) is 29.9. The third-order valence-corrected chi connectivity index (χ3v) is 3.96. The number of carbonyl (C=O) groups is 2. The number of ether oxygens (including phenoxy) is 1. The lowest BCUT2D eigenvalue weighted by atomic mass is 9.96. The highest BCUT2D eigenvalue weighted by molar-refractivity contribution is 5.89. The molecule has 1 aromatic heterocycles. The van der Waals surface area contributed by atoms with Gasteiger partial charge < -0.3 is 4.74 Å². The van der Waals surface area contributed by atoms with E-state index < -0.39 is 29.6 Å². The smallest absolute Gasteiger partial charge is 0.433 e. The Hall–Kier alpha value is -2.12. The summed E-state index contributed by atoms with van der Waals surface area (Å²) >= 11 is 0. The molecule has 1 aromatic rings. The lowest BCUT2D eigenvalue weighted by molar-refractivity contribution is -0.141. The lowest BCUT2D eigenvalue weighted by Gasteiger charge is -2.35. The fraction of sp³-hybridized carbons (Fsp3) is 0.611. The van der Waals surface area contributed by atoms with Crippen molar-refractivity contribution >= 4 is 11.9 Å². The van der Waals surface area contributed by atoms with Crippen LogP contribution in [0.2, 0.25) is 0 Å². The molecule has 26 heavy (non-hydrogen) atoms. The van der Waals surface area contributed by atoms with Crippen LogP contribution in [0.25, 0.3) is 0 Å². The van der Waals surface area contributed by atoms with Crippen molar-refractivity contribution in [3.05, 3.63) is 29.6 Å². The predicted molar refractivity (Wildman–Crippen MR) is 88.5 cm³/mol. The second kappa shape index (κ2) is 7.63. The summed E-state index contributed by atoms with van der Waals surface area (Å²) in [6.07, 6.45) is -3.40. The Labute approximate surface area is 150 Å². The van der Waals surface area contributed by atoms with Crippen LogP contribution in [0.1, 0.15) is 51.4 Å². The minimum atomic E-state index is -4.56. The van der Waals surface area contributed by atoms with E-state index in [2.05, 4.69) is 4.98 Å². The summed E-state index contributed by atoms with van der Waals surface area (Å²) in [7, 11) is 0. The number of aromatic nitrogens is 1. The molecule has 0 aromatic carbocycles. The number of likely N-dealkylation sites (tertiary alicyclic amines) is 1. The molecule has 0 spiro atoms. The van der Waals surface area contributed by atoms with Gasteiger partial charge in [0.25, 0.3) is 0 Å². The van der Waals surface area contributed by atoms with Gasteiger partial charge in [0, 0.05) is 12.2 Å². The number of rotatable bonds is 3. The van der Waals surface area contributed by atoms with Crippen molar-refractivity contribution in [2.24, 2.45) is 0 Å². The Bertz CT molecular complexity index is 668. The second-order valence-electron chi connectivity index (χ2n) is 7.34. The van der Waals surface area contributed by atoms with Crippen molar-refractivity contribution in [1.29, 1.82) is 0 Å². The summed E-state index contributed by atoms with van der Waals surface area (Å²) in [6, 6.07) is 2.77. The standard InChI is InChI=1S/C18H23F3N2O3/c1-17(2,3)26-16(25)23-10-5-4-8-13(23)14(24)11-12-7-6-9-15(22-12)18(19,20)21/h6-7,9,13H,4-5,8,10-11H2,1-3H3/t13-/m0/s1. The summed E-state index contributed by atoms with van der Waals surface area (Å²) < 4.78 is 43.6. The largest absolute Gasteiger partial charge is 0.444 e. The zero-order chi connectivity index (χ0) is 19.5. The molecule has 0 bridgehead atoms. The zero-order valence-corrected chi connectivity index (χ0v) is 15.1. The molecule has 8 heteroatoms. The number of halogens is 3. The van der Waals surface area contributed by atoms with Gasteiger partial charge in [-0.15, -0.1) is 0 Å². The van der Waals surface area contributed by atoms with Crippen LogP contribution in [-0.4, -0.2) is 39.9 Å². The second-order valence-corrected chi connectivity index (χ2v) is 7.34. The minimum Gasteiger partial charge on any atom is -0.444 e. The number of hydrogen-bond donors (Lipinski definition) is 0. The van der Waals surface area contributed by atoms with E-state index in [1.54, 1.807) is 20.8 Å². The van der Waals surface area contributed by atoms with Crippen molar-refractivity contribution in [3.63, 3.8) is 0 Å². The first-order chi connectivity index (χ1) is 12.0. The molecular formula is C18H23F3N2O3. The number of hydrogen-bond acceptors (Lipinski definition) is 4. The Morgan fingerprint density at radius 2 is 1.92 bits per heavy atom. The minimum absolute atomic E-state index is 0.0412. The van der Waals surface area contributed by atoms with E-state index in [1.807, 2.05) is 0 Å². The number of alkyl halides is 3. The molecule has 0 saturated carbocycles. The van der Waals surface area contributed by atoms with Crippen molar-refractivity contribution in [2.75, 3.05) is 6.54 Å². The van der Waals surface area contributed by atoms with Gasteiger partial charge in [0.15, 0.2) is 5.78 Å². The molecule has 0 radical (unpaired) electrons. The maximum atomic E-state index is 12.8. The molecule has 1 amide bonds. The molecule has 2 heterocycles. The first-order valence-corrected chi connectivity index (χ1v) is 8.53. The van der Waals surface area contributed by atoms with Crippen molar-refractivity contribution < 1.29 is 27.5 Å². The highest BCUT2D eigenvalue weighted by atomic mass is 19.4. The van der Waals surface area contributed by atoms with Crippen LogP contribution in [-0.2, 0) is 22.1 Å². The summed E-state index contributed by atoms with van der Waals surface area (Å²) in [6.45, 7) is 5.59. The normalized spacial score (nSPS) is 18.5. The number of Topliss-reactive ketones (excluding diaryl/α,β-unsaturated/α-hetero) is 1. The Morgan fingerprint density at radius 1 is 1.23 bits per heavy atom. The fourth-order valence-corrected chi connectivity index (χ4v) is 2.84. The Balaban J connectivity index is 2.12. The van der Waals surface area contributed by atoms with Crippen LogP contribution in [0, 0.1) is 0 Å². The van der Waals surface area contributed by atoms with Gasteiger partial charge in [0.05, 0.1) is 12.5 Å². The topological polar surface area (TPSA) is 59.5 Å². The third-order valence-electron chi connectivity index (χ3n) is 3.96. The van der Waals surface area contributed by atoms with Crippen LogP contribution < -0.4 is 0 Å². The average molecular weight is 372 g/mol. The Morgan fingerprint density at radius 3 is 2.54 bits per heavy atom. The summed E-state index contributed by atoms with van der Waals surface area (Å²) in [5.41, 5.74) is -1.68. The van der Waals surface area contributed by atoms with E-state index in [9.17, 15) is 22.8 Å². The van der Waals surface area contributed by atoms with Crippen molar-refractivity contribution in [3.8, 4) is 0 Å². The molecular weight excluding hydrogens is 349 g/mol. The maximum absolute atomic E-state index is 12.8. The number of piperidine rings is 1. The predicted octanol–water partition coefficient (Wildman–Crippen LogP) is 4.00. The first kappa shape index (κ1) is 20.2. The third kappa shape index (κ3) is 5.44. The maximum Gasteiger partial charge on any atom is 0.433 e. The zero-order valence-electron chi connectivity index (χ0n) is 15.1. The SMILES string of the molecule is CC(C)(C)OC(=O)N1CCCC[C@H]1C(=O)Cc1cccc(C(F)(F)F)n1. The molecule has 5 nitrogen and oxygen atoms in total. The van der Waals surface area contributed by atoms with Crippen LogP contribution in [0.5, 0.6) is 0 Å². The summed E-state index contributed by atoms with van der Waals surface area (Å²) in [5.74, 6) is -0.331. The van der Waals surface area contributed by atoms with E-state index in [0.29, 0.717) is 13.0 Å². The summed E-state index contributed by atoms with van der Waals surface area (Å²) in [5, 5.41) is 0. The van der Waals surface area contributed by atoms with Gasteiger partial charge in [-0.2, -0.15) is 13.2 Å². The van der Waals surface area contributed by atoms with Crippen LogP contribution in [0.4, 0.5) is 18.0 Å². The van der Waals surface area contributed by atoms with E-state index >= 15 is 0 Å². The van der Waals surface area contributed by atoms with E-state index in [4.69, 9.17) is 4.74 Å². The van der Waals surface area contributed by atoms with Gasteiger partial charge in [0.2, 0.25) is 0 Å². The molecule has 1 saturated heterocycles. The number of carbonyl (C=O) groups excluding carboxylic acids is 2. The van der Waals surface area contributed by atoms with Gasteiger partial charge in [-0.25, -0.2) is 9.78 Å². The molecule has 2 rings (SSSR count). The van der Waals surface area contributed by atoms with Crippen molar-refractivity contribution in [2.45, 2.75) is 64.3 Å². The lowest BCUT2D eigenvalue weighted by Crippen LogP contribution is -2.50. The molecule has 0 aliphatic carbocycles. The quantitative estimate of drug-likeness (QED) is 0.805. The highest BCUT2D eigenvalue weighted by Crippen LogP contribution is 2.28. The molecule has 0 N–H and O–H groups in total. The highest BCUT2D eigenvalue weighted by Gasteiger charge is 2.36. The molecule has 1 atom stereocenters. The van der Waals surface area contributed by atoms with Gasteiger partial charge >= 0.3 is 12.3 Å². The molecule has 1 aliphatic rings. The monoisotopic (exact) mass is 372 g/mol. The van der Waals surface area contributed by atoms with Crippen molar-refractivity contribution in [1.82, 2.24) is 9.88 Å². The van der Waals surface area contributed by atoms with E-state index in [-0.39, 0.29) is 17.9 Å².